The van der Waals surface area contributed by atoms with Crippen molar-refractivity contribution < 1.29 is 4.79 Å². The first-order chi connectivity index (χ1) is 10.7. The molecular weight excluding hydrogens is 407 g/mol. The van der Waals surface area contributed by atoms with Crippen LogP contribution in [0.3, 0.4) is 0 Å². The SMILES string of the molecule is CCNC(=NCC1CC1)N1CCN(c2cnn(C)c2)C(=O)C1.I. The lowest BCUT2D eigenvalue weighted by atomic mass is 10.3. The van der Waals surface area contributed by atoms with Crippen LogP contribution in [0.5, 0.6) is 0 Å². The van der Waals surface area contributed by atoms with Crippen molar-refractivity contribution in [2.75, 3.05) is 37.6 Å². The molecule has 128 valence electrons. The zero-order valence-electron chi connectivity index (χ0n) is 13.7. The normalized spacial score (nSPS) is 18.9. The van der Waals surface area contributed by atoms with Crippen LogP contribution in [0.15, 0.2) is 17.4 Å². The van der Waals surface area contributed by atoms with Gasteiger partial charge in [-0.15, -0.1) is 24.0 Å². The molecule has 0 unspecified atom stereocenters. The number of carbonyl (C=O) groups excluding carboxylic acids is 1. The number of halogens is 1. The Bertz CT molecular complexity index is 568. The Balaban J connectivity index is 0.00000192. The highest BCUT2D eigenvalue weighted by Gasteiger charge is 2.28. The van der Waals surface area contributed by atoms with Crippen molar-refractivity contribution in [3.05, 3.63) is 12.4 Å². The molecule has 0 bridgehead atoms. The Labute approximate surface area is 154 Å². The Hall–Kier alpha value is -1.32. The average molecular weight is 432 g/mol. The predicted molar refractivity (Wildman–Crippen MR) is 101 cm³/mol. The van der Waals surface area contributed by atoms with Gasteiger partial charge in [0.1, 0.15) is 6.54 Å². The highest BCUT2D eigenvalue weighted by molar-refractivity contribution is 14.0. The molecule has 8 heteroatoms. The molecule has 1 saturated carbocycles. The number of rotatable bonds is 4. The van der Waals surface area contributed by atoms with Crippen LogP contribution in [-0.2, 0) is 11.8 Å². The van der Waals surface area contributed by atoms with E-state index >= 15 is 0 Å². The summed E-state index contributed by atoms with van der Waals surface area (Å²) in [4.78, 5) is 21.0. The Morgan fingerprint density at radius 2 is 2.22 bits per heavy atom. The second-order valence-electron chi connectivity index (χ2n) is 5.98. The molecule has 1 aromatic heterocycles. The van der Waals surface area contributed by atoms with Gasteiger partial charge in [-0.2, -0.15) is 5.10 Å². The number of hydrogen-bond donors (Lipinski definition) is 1. The topological polar surface area (TPSA) is 65.8 Å². The highest BCUT2D eigenvalue weighted by atomic mass is 127. The molecule has 1 N–H and O–H groups in total. The maximum Gasteiger partial charge on any atom is 0.246 e. The Kier molecular flexibility index (Phi) is 6.25. The predicted octanol–water partition coefficient (Wildman–Crippen LogP) is 1.06. The third-order valence-corrected chi connectivity index (χ3v) is 4.05. The van der Waals surface area contributed by atoms with E-state index in [0.29, 0.717) is 13.1 Å². The average Bonchev–Trinajstić information content (AvgIpc) is 3.24. The van der Waals surface area contributed by atoms with Crippen molar-refractivity contribution in [1.29, 1.82) is 0 Å². The van der Waals surface area contributed by atoms with Crippen molar-refractivity contribution in [3.63, 3.8) is 0 Å². The minimum absolute atomic E-state index is 0. The third-order valence-electron chi connectivity index (χ3n) is 4.05. The van der Waals surface area contributed by atoms with E-state index in [-0.39, 0.29) is 29.9 Å². The molecule has 1 saturated heterocycles. The summed E-state index contributed by atoms with van der Waals surface area (Å²) in [6.07, 6.45) is 6.19. The van der Waals surface area contributed by atoms with E-state index in [0.717, 1.165) is 37.2 Å². The number of aliphatic imine (C=N–C) groups is 1. The maximum absolute atomic E-state index is 12.4. The number of anilines is 1. The summed E-state index contributed by atoms with van der Waals surface area (Å²) in [5.74, 6) is 1.71. The molecule has 1 amide bonds. The minimum atomic E-state index is 0. The number of guanidine groups is 1. The fourth-order valence-corrected chi connectivity index (χ4v) is 2.62. The lowest BCUT2D eigenvalue weighted by Crippen LogP contribution is -2.55. The first-order valence-corrected chi connectivity index (χ1v) is 7.99. The number of amides is 1. The quantitative estimate of drug-likeness (QED) is 0.439. The number of aromatic nitrogens is 2. The molecule has 3 rings (SSSR count). The standard InChI is InChI=1S/C15H24N6O.HI/c1-3-16-15(17-8-12-4-5-12)20-6-7-21(14(22)11-20)13-9-18-19(2)10-13;/h9-10,12H,3-8,11H2,1-2H3,(H,16,17);1H. The molecule has 7 nitrogen and oxygen atoms in total. The second kappa shape index (κ2) is 7.98. The van der Waals surface area contributed by atoms with Gasteiger partial charge in [-0.1, -0.05) is 0 Å². The first kappa shape index (κ1) is 18.0. The zero-order valence-corrected chi connectivity index (χ0v) is 16.1. The number of nitrogens with zero attached hydrogens (tertiary/aromatic N) is 5. The molecule has 0 spiro atoms. The smallest absolute Gasteiger partial charge is 0.246 e. The molecule has 2 heterocycles. The van der Waals surface area contributed by atoms with Crippen molar-refractivity contribution in [1.82, 2.24) is 20.0 Å². The van der Waals surface area contributed by atoms with E-state index in [1.165, 1.54) is 12.8 Å². The van der Waals surface area contributed by atoms with Crippen LogP contribution in [0.4, 0.5) is 5.69 Å². The fourth-order valence-electron chi connectivity index (χ4n) is 2.62. The molecule has 1 aliphatic carbocycles. The Morgan fingerprint density at radius 1 is 1.43 bits per heavy atom. The molecule has 2 aliphatic rings. The van der Waals surface area contributed by atoms with Crippen LogP contribution in [0.2, 0.25) is 0 Å². The lowest BCUT2D eigenvalue weighted by Gasteiger charge is -2.35. The first-order valence-electron chi connectivity index (χ1n) is 7.99. The van der Waals surface area contributed by atoms with E-state index in [2.05, 4.69) is 27.2 Å². The zero-order chi connectivity index (χ0) is 15.5. The number of piperazine rings is 1. The van der Waals surface area contributed by atoms with Crippen LogP contribution < -0.4 is 10.2 Å². The van der Waals surface area contributed by atoms with Crippen molar-refractivity contribution in [2.45, 2.75) is 19.8 Å². The monoisotopic (exact) mass is 432 g/mol. The van der Waals surface area contributed by atoms with Gasteiger partial charge in [0.25, 0.3) is 0 Å². The fraction of sp³-hybridized carbons (Fsp3) is 0.667. The summed E-state index contributed by atoms with van der Waals surface area (Å²) in [6, 6.07) is 0. The van der Waals surface area contributed by atoms with Gasteiger partial charge in [0, 0.05) is 39.4 Å². The van der Waals surface area contributed by atoms with Crippen molar-refractivity contribution in [3.8, 4) is 0 Å². The van der Waals surface area contributed by atoms with E-state index in [9.17, 15) is 4.79 Å². The van der Waals surface area contributed by atoms with Crippen LogP contribution in [0.1, 0.15) is 19.8 Å². The summed E-state index contributed by atoms with van der Waals surface area (Å²) in [5.41, 5.74) is 0.868. The summed E-state index contributed by atoms with van der Waals surface area (Å²) in [6.45, 7) is 5.57. The van der Waals surface area contributed by atoms with E-state index in [1.807, 2.05) is 13.2 Å². The highest BCUT2D eigenvalue weighted by Crippen LogP contribution is 2.28. The second-order valence-corrected chi connectivity index (χ2v) is 5.98. The molecule has 23 heavy (non-hydrogen) atoms. The summed E-state index contributed by atoms with van der Waals surface area (Å²) in [7, 11) is 1.86. The molecule has 1 aliphatic heterocycles. The van der Waals surface area contributed by atoms with Gasteiger partial charge in [0.2, 0.25) is 5.91 Å². The number of nitrogens with one attached hydrogen (secondary N) is 1. The number of hydrogen-bond acceptors (Lipinski definition) is 3. The molecule has 0 atom stereocenters. The molecule has 0 aromatic carbocycles. The minimum Gasteiger partial charge on any atom is -0.357 e. The molecule has 2 fully saturated rings. The van der Waals surface area contributed by atoms with Crippen molar-refractivity contribution >= 4 is 41.5 Å². The summed E-state index contributed by atoms with van der Waals surface area (Å²) >= 11 is 0. The van der Waals surface area contributed by atoms with E-state index in [4.69, 9.17) is 0 Å². The van der Waals surface area contributed by atoms with Crippen LogP contribution in [-0.4, -0.2) is 59.3 Å². The van der Waals surface area contributed by atoms with E-state index in [1.54, 1.807) is 15.8 Å². The number of aryl methyl sites for hydroxylation is 1. The van der Waals surface area contributed by atoms with Crippen LogP contribution >= 0.6 is 24.0 Å². The molecule has 1 aromatic rings. The molecular formula is C15H25IN6O. The third kappa shape index (κ3) is 4.58. The van der Waals surface area contributed by atoms with Gasteiger partial charge >= 0.3 is 0 Å². The van der Waals surface area contributed by atoms with Crippen LogP contribution in [0, 0.1) is 5.92 Å². The van der Waals surface area contributed by atoms with Gasteiger partial charge in [-0.3, -0.25) is 14.5 Å². The van der Waals surface area contributed by atoms with Gasteiger partial charge in [0.05, 0.1) is 11.9 Å². The van der Waals surface area contributed by atoms with Gasteiger partial charge < -0.3 is 15.1 Å². The Morgan fingerprint density at radius 3 is 2.78 bits per heavy atom. The van der Waals surface area contributed by atoms with Gasteiger partial charge in [-0.25, -0.2) is 0 Å². The van der Waals surface area contributed by atoms with Gasteiger partial charge in [0.15, 0.2) is 5.96 Å². The van der Waals surface area contributed by atoms with Gasteiger partial charge in [-0.05, 0) is 25.7 Å². The summed E-state index contributed by atoms with van der Waals surface area (Å²) < 4.78 is 1.72. The lowest BCUT2D eigenvalue weighted by molar-refractivity contribution is -0.120. The largest absolute Gasteiger partial charge is 0.357 e. The summed E-state index contributed by atoms with van der Waals surface area (Å²) in [5, 5.41) is 7.44. The van der Waals surface area contributed by atoms with Crippen LogP contribution in [0.25, 0.3) is 0 Å². The van der Waals surface area contributed by atoms with Crippen molar-refractivity contribution in [2.24, 2.45) is 18.0 Å². The maximum atomic E-state index is 12.4. The molecule has 0 radical (unpaired) electrons. The van der Waals surface area contributed by atoms with E-state index < -0.39 is 0 Å². The number of carbonyl (C=O) groups is 1.